The third kappa shape index (κ3) is 41.9. The first-order valence-electron chi connectivity index (χ1n) is 21.0. The molecule has 1 unspecified atom stereocenters. The molecule has 0 rings (SSSR count). The number of unbranched alkanes of at least 4 members (excludes halogenated alkanes) is 4. The summed E-state index contributed by atoms with van der Waals surface area (Å²) in [6.45, 7) is 3.40. The number of hydrogen-bond donors (Lipinski definition) is 2. The van der Waals surface area contributed by atoms with Crippen LogP contribution in [0.25, 0.3) is 0 Å². The van der Waals surface area contributed by atoms with Crippen molar-refractivity contribution in [3.63, 3.8) is 0 Å². The molecular weight excluding hydrogens is 737 g/mol. The first-order valence-corrected chi connectivity index (χ1v) is 22.5. The molecule has 9 nitrogen and oxygen atoms in total. The van der Waals surface area contributed by atoms with Crippen LogP contribution in [0.3, 0.4) is 0 Å². The number of carbonyl (C=O) groups is 2. The van der Waals surface area contributed by atoms with Crippen molar-refractivity contribution >= 4 is 19.8 Å². The van der Waals surface area contributed by atoms with E-state index in [0.29, 0.717) is 19.3 Å². The molecule has 0 aromatic heterocycles. The van der Waals surface area contributed by atoms with E-state index in [0.717, 1.165) is 64.2 Å². The third-order valence-corrected chi connectivity index (χ3v) is 8.83. The van der Waals surface area contributed by atoms with Crippen LogP contribution in [-0.2, 0) is 32.7 Å². The Morgan fingerprint density at radius 3 is 1.44 bits per heavy atom. The Morgan fingerprint density at radius 2 is 0.982 bits per heavy atom. The molecule has 0 aromatic carbocycles. The van der Waals surface area contributed by atoms with Crippen molar-refractivity contribution in [2.24, 2.45) is 5.73 Å². The van der Waals surface area contributed by atoms with Gasteiger partial charge in [0.15, 0.2) is 6.10 Å². The molecule has 2 atom stereocenters. The van der Waals surface area contributed by atoms with Crippen LogP contribution in [0.1, 0.15) is 129 Å². The summed E-state index contributed by atoms with van der Waals surface area (Å²) in [4.78, 5) is 34.8. The number of hydrogen-bond acceptors (Lipinski definition) is 8. The van der Waals surface area contributed by atoms with Gasteiger partial charge in [0, 0.05) is 19.4 Å². The summed E-state index contributed by atoms with van der Waals surface area (Å²) < 4.78 is 32.6. The summed E-state index contributed by atoms with van der Waals surface area (Å²) in [5, 5.41) is 0. The van der Waals surface area contributed by atoms with Crippen LogP contribution >= 0.6 is 7.82 Å². The monoisotopic (exact) mass is 812 g/mol. The Hall–Kier alpha value is -3.59. The Labute approximate surface area is 345 Å². The summed E-state index contributed by atoms with van der Waals surface area (Å²) in [6.07, 6.45) is 56.8. The molecule has 0 aliphatic carbocycles. The molecule has 0 spiro atoms. The van der Waals surface area contributed by atoms with Crippen molar-refractivity contribution < 1.29 is 37.6 Å². The van der Waals surface area contributed by atoms with Crippen LogP contribution < -0.4 is 5.73 Å². The first kappa shape index (κ1) is 53.4. The number of phosphoric ester groups is 1. The lowest BCUT2D eigenvalue weighted by atomic mass is 10.2. The molecule has 3 N–H and O–H groups in total. The highest BCUT2D eigenvalue weighted by molar-refractivity contribution is 7.47. The molecule has 0 bridgehead atoms. The van der Waals surface area contributed by atoms with Gasteiger partial charge in [-0.3, -0.25) is 18.6 Å². The quantitative estimate of drug-likeness (QED) is 0.0272. The van der Waals surface area contributed by atoms with Gasteiger partial charge >= 0.3 is 19.8 Å². The lowest BCUT2D eigenvalue weighted by Gasteiger charge is -2.19. The summed E-state index contributed by atoms with van der Waals surface area (Å²) in [7, 11) is -4.42. The van der Waals surface area contributed by atoms with Gasteiger partial charge in [-0.05, 0) is 89.9 Å². The van der Waals surface area contributed by atoms with Crippen LogP contribution in [0, 0.1) is 0 Å². The Morgan fingerprint density at radius 1 is 0.544 bits per heavy atom. The summed E-state index contributed by atoms with van der Waals surface area (Å²) in [6, 6.07) is 0. The lowest BCUT2D eigenvalue weighted by molar-refractivity contribution is -0.161. The van der Waals surface area contributed by atoms with E-state index in [1.54, 1.807) is 0 Å². The number of rotatable bonds is 37. The second-order valence-electron chi connectivity index (χ2n) is 13.1. The van der Waals surface area contributed by atoms with Crippen molar-refractivity contribution in [2.45, 2.75) is 136 Å². The van der Waals surface area contributed by atoms with E-state index in [-0.39, 0.29) is 32.6 Å². The molecule has 57 heavy (non-hydrogen) atoms. The number of carbonyl (C=O) groups excluding carboxylic acids is 2. The average molecular weight is 812 g/mol. The minimum absolute atomic E-state index is 0.0279. The highest BCUT2D eigenvalue weighted by Gasteiger charge is 2.25. The van der Waals surface area contributed by atoms with Crippen LogP contribution in [-0.4, -0.2) is 49.3 Å². The Balaban J connectivity index is 4.43. The number of nitrogens with two attached hydrogens (primary N) is 1. The fourth-order valence-electron chi connectivity index (χ4n) is 4.77. The minimum Gasteiger partial charge on any atom is -0.462 e. The van der Waals surface area contributed by atoms with E-state index in [1.165, 1.54) is 19.3 Å². The predicted molar refractivity (Wildman–Crippen MR) is 237 cm³/mol. The Kier molecular flexibility index (Phi) is 39.4. The Bertz CT molecular complexity index is 1340. The van der Waals surface area contributed by atoms with Crippen LogP contribution in [0.4, 0.5) is 0 Å². The third-order valence-electron chi connectivity index (χ3n) is 7.85. The minimum atomic E-state index is -4.42. The molecule has 0 amide bonds. The molecule has 0 fully saturated rings. The van der Waals surface area contributed by atoms with Crippen molar-refractivity contribution in [3.05, 3.63) is 122 Å². The average Bonchev–Trinajstić information content (AvgIpc) is 3.20. The van der Waals surface area contributed by atoms with E-state index in [9.17, 15) is 19.0 Å². The zero-order valence-electron chi connectivity index (χ0n) is 35.0. The molecule has 0 aromatic rings. The molecule has 320 valence electrons. The van der Waals surface area contributed by atoms with Crippen molar-refractivity contribution in [1.29, 1.82) is 0 Å². The van der Waals surface area contributed by atoms with Gasteiger partial charge in [-0.2, -0.15) is 0 Å². The van der Waals surface area contributed by atoms with Crippen LogP contribution in [0.5, 0.6) is 0 Å². The van der Waals surface area contributed by atoms with Gasteiger partial charge in [0.05, 0.1) is 13.2 Å². The molecule has 0 aliphatic rings. The summed E-state index contributed by atoms with van der Waals surface area (Å²) in [5.41, 5.74) is 5.33. The van der Waals surface area contributed by atoms with Gasteiger partial charge in [0.1, 0.15) is 6.61 Å². The maximum absolute atomic E-state index is 12.5. The van der Waals surface area contributed by atoms with E-state index in [2.05, 4.69) is 117 Å². The maximum atomic E-state index is 12.5. The fourth-order valence-corrected chi connectivity index (χ4v) is 5.53. The SMILES string of the molecule is CC/C=C/C/C=C/C/C=C/C/C=C/C/C=C/C/C=C/CCC(=O)OC[C@H](COP(=O)(O)OCCN)OC(=O)CCC/C=C/C/C=C/C/C=C/C/C=C/CCCCC. The summed E-state index contributed by atoms with van der Waals surface area (Å²) in [5.74, 6) is -1.01. The van der Waals surface area contributed by atoms with E-state index >= 15 is 0 Å². The highest BCUT2D eigenvalue weighted by atomic mass is 31.2. The van der Waals surface area contributed by atoms with Gasteiger partial charge < -0.3 is 20.1 Å². The van der Waals surface area contributed by atoms with Crippen molar-refractivity contribution in [1.82, 2.24) is 0 Å². The zero-order chi connectivity index (χ0) is 41.8. The molecule has 0 aliphatic heterocycles. The normalized spacial score (nSPS) is 14.5. The van der Waals surface area contributed by atoms with Crippen molar-refractivity contribution in [2.75, 3.05) is 26.4 Å². The molecule has 0 saturated heterocycles. The second kappa shape index (κ2) is 42.0. The number of esters is 2. The molecule has 0 radical (unpaired) electrons. The van der Waals surface area contributed by atoms with E-state index in [1.807, 2.05) is 18.2 Å². The largest absolute Gasteiger partial charge is 0.472 e. The standard InChI is InChI=1S/C47H74NO8P/c1-3-5-7-9-11-13-15-17-19-21-22-24-25-27-29-31-33-35-37-39-46(49)53-43-45(44-55-57(51,52)54-42-41-48)56-47(50)40-38-36-34-32-30-28-26-23-20-18-16-14-12-10-8-6-4-2/h5,7,11-14,17-20,22,24,26-29,32-35,45H,3-4,6,8-10,15-16,21,23,25,30-31,36-44,48H2,1-2H3,(H,51,52)/b7-5+,13-11+,14-12+,19-17+,20-18+,24-22+,28-26+,29-27+,34-32+,35-33+/t45-/m1/s1. The zero-order valence-corrected chi connectivity index (χ0v) is 35.9. The fraction of sp³-hybridized carbons (Fsp3) is 0.532. The second-order valence-corrected chi connectivity index (χ2v) is 14.6. The molecule has 10 heteroatoms. The topological polar surface area (TPSA) is 134 Å². The lowest BCUT2D eigenvalue weighted by Crippen LogP contribution is -2.29. The van der Waals surface area contributed by atoms with Crippen LogP contribution in [0.2, 0.25) is 0 Å². The van der Waals surface area contributed by atoms with Gasteiger partial charge in [-0.15, -0.1) is 0 Å². The van der Waals surface area contributed by atoms with Gasteiger partial charge in [-0.25, -0.2) is 4.57 Å². The molecular formula is C47H74NO8P. The molecule has 0 saturated carbocycles. The number of allylic oxidation sites excluding steroid dienone is 20. The first-order chi connectivity index (χ1) is 27.8. The number of ether oxygens (including phenoxy) is 2. The van der Waals surface area contributed by atoms with Gasteiger partial charge in [-0.1, -0.05) is 148 Å². The van der Waals surface area contributed by atoms with Crippen LogP contribution in [0.15, 0.2) is 122 Å². The number of phosphoric acid groups is 1. The maximum Gasteiger partial charge on any atom is 0.472 e. The van der Waals surface area contributed by atoms with Crippen molar-refractivity contribution in [3.8, 4) is 0 Å². The van der Waals surface area contributed by atoms with E-state index < -0.39 is 32.5 Å². The van der Waals surface area contributed by atoms with Gasteiger partial charge in [0.25, 0.3) is 0 Å². The highest BCUT2D eigenvalue weighted by Crippen LogP contribution is 2.43. The van der Waals surface area contributed by atoms with E-state index in [4.69, 9.17) is 24.3 Å². The predicted octanol–water partition coefficient (Wildman–Crippen LogP) is 12.2. The molecule has 0 heterocycles. The smallest absolute Gasteiger partial charge is 0.462 e. The summed E-state index contributed by atoms with van der Waals surface area (Å²) >= 11 is 0. The van der Waals surface area contributed by atoms with Gasteiger partial charge in [0.2, 0.25) is 0 Å².